The van der Waals surface area contributed by atoms with Crippen molar-refractivity contribution in [1.29, 1.82) is 0 Å². The van der Waals surface area contributed by atoms with Gasteiger partial charge in [0.1, 0.15) is 6.54 Å². The second-order valence-electron chi connectivity index (χ2n) is 4.52. The largest absolute Gasteiger partial charge is 0.344 e. The van der Waals surface area contributed by atoms with E-state index in [1.165, 1.54) is 0 Å². The summed E-state index contributed by atoms with van der Waals surface area (Å²) in [6, 6.07) is 5.03. The molecule has 2 rings (SSSR count). The zero-order valence-corrected chi connectivity index (χ0v) is 12.9. The molecule has 2 amide bonds. The normalized spacial score (nSPS) is 16.5. The van der Waals surface area contributed by atoms with Crippen LogP contribution in [0.3, 0.4) is 0 Å². The van der Waals surface area contributed by atoms with E-state index in [0.717, 1.165) is 6.42 Å². The van der Waals surface area contributed by atoms with Gasteiger partial charge in [0, 0.05) is 29.6 Å². The maximum Gasteiger partial charge on any atom is 0.255 e. The molecule has 1 heterocycles. The van der Waals surface area contributed by atoms with Crippen molar-refractivity contribution in [2.24, 2.45) is 0 Å². The van der Waals surface area contributed by atoms with Crippen molar-refractivity contribution in [2.45, 2.75) is 6.42 Å². The quantitative estimate of drug-likeness (QED) is 0.784. The summed E-state index contributed by atoms with van der Waals surface area (Å²) in [6.45, 7) is 1.40. The zero-order valence-electron chi connectivity index (χ0n) is 10.5. The predicted molar refractivity (Wildman–Crippen MR) is 77.3 cm³/mol. The maximum atomic E-state index is 12.4. The Kier molecular flexibility index (Phi) is 4.47. The van der Waals surface area contributed by atoms with E-state index < -0.39 is 0 Å². The summed E-state index contributed by atoms with van der Waals surface area (Å²) < 4.78 is 0.648. The second-order valence-corrected chi connectivity index (χ2v) is 5.81. The second kappa shape index (κ2) is 5.92. The molecular weight excluding hydrogens is 332 g/mol. The molecule has 19 heavy (non-hydrogen) atoms. The smallest absolute Gasteiger partial charge is 0.255 e. The van der Waals surface area contributed by atoms with Gasteiger partial charge in [-0.25, -0.2) is 0 Å². The molecule has 1 aliphatic heterocycles. The van der Waals surface area contributed by atoms with Gasteiger partial charge in [0.05, 0.1) is 5.56 Å². The van der Waals surface area contributed by atoms with E-state index in [0.29, 0.717) is 28.1 Å². The first-order valence-corrected chi connectivity index (χ1v) is 7.14. The summed E-state index contributed by atoms with van der Waals surface area (Å²) in [4.78, 5) is 27.5. The summed E-state index contributed by atoms with van der Waals surface area (Å²) in [7, 11) is 1.76. The Morgan fingerprint density at radius 2 is 2.11 bits per heavy atom. The number of likely N-dealkylation sites (N-methyl/N-ethyl adjacent to an activating group) is 1. The molecule has 0 bridgehead atoms. The molecule has 0 aliphatic carbocycles. The Labute approximate surface area is 125 Å². The number of hydrogen-bond donors (Lipinski definition) is 0. The highest BCUT2D eigenvalue weighted by molar-refractivity contribution is 9.10. The number of nitrogens with zero attached hydrogens (tertiary/aromatic N) is 2. The monoisotopic (exact) mass is 344 g/mol. The molecule has 102 valence electrons. The lowest BCUT2D eigenvalue weighted by Crippen LogP contribution is -2.38. The minimum absolute atomic E-state index is 0.0315. The highest BCUT2D eigenvalue weighted by Gasteiger charge is 2.24. The minimum atomic E-state index is -0.146. The first-order chi connectivity index (χ1) is 8.99. The summed E-state index contributed by atoms with van der Waals surface area (Å²) in [6.07, 6.45) is 0.791. The van der Waals surface area contributed by atoms with Crippen LogP contribution in [-0.2, 0) is 4.79 Å². The number of carbonyl (C=O) groups excluding carboxylic acids is 2. The SMILES string of the molecule is CN1CCCN(C(=O)c2ccc(Cl)cc2Br)CC1=O. The van der Waals surface area contributed by atoms with Gasteiger partial charge in [0.2, 0.25) is 5.91 Å². The van der Waals surface area contributed by atoms with Crippen LogP contribution >= 0.6 is 27.5 Å². The van der Waals surface area contributed by atoms with E-state index in [1.807, 2.05) is 0 Å². The van der Waals surface area contributed by atoms with Gasteiger partial charge in [-0.05, 0) is 40.5 Å². The number of carbonyl (C=O) groups is 2. The Balaban J connectivity index is 2.21. The van der Waals surface area contributed by atoms with Gasteiger partial charge in [0.25, 0.3) is 5.91 Å². The summed E-state index contributed by atoms with van der Waals surface area (Å²) in [5.74, 6) is -0.178. The third kappa shape index (κ3) is 3.28. The number of benzene rings is 1. The van der Waals surface area contributed by atoms with Crippen molar-refractivity contribution in [3.05, 3.63) is 33.3 Å². The number of amides is 2. The van der Waals surface area contributed by atoms with Crippen LogP contribution in [0.5, 0.6) is 0 Å². The van der Waals surface area contributed by atoms with Gasteiger partial charge in [0.15, 0.2) is 0 Å². The van der Waals surface area contributed by atoms with Gasteiger partial charge in [-0.3, -0.25) is 9.59 Å². The molecule has 0 N–H and O–H groups in total. The highest BCUT2D eigenvalue weighted by Crippen LogP contribution is 2.23. The van der Waals surface area contributed by atoms with E-state index in [4.69, 9.17) is 11.6 Å². The Morgan fingerprint density at radius 1 is 1.37 bits per heavy atom. The third-order valence-electron chi connectivity index (χ3n) is 3.12. The van der Waals surface area contributed by atoms with Crippen LogP contribution in [0.15, 0.2) is 22.7 Å². The molecule has 0 unspecified atom stereocenters. The fraction of sp³-hybridized carbons (Fsp3) is 0.385. The molecule has 1 aromatic rings. The van der Waals surface area contributed by atoms with E-state index in [-0.39, 0.29) is 18.4 Å². The molecule has 0 aromatic heterocycles. The average Bonchev–Trinajstić information content (AvgIpc) is 2.51. The first-order valence-electron chi connectivity index (χ1n) is 5.97. The van der Waals surface area contributed by atoms with Crippen molar-refractivity contribution in [3.8, 4) is 0 Å². The molecule has 0 spiro atoms. The Bertz CT molecular complexity index is 521. The van der Waals surface area contributed by atoms with E-state index >= 15 is 0 Å². The van der Waals surface area contributed by atoms with Gasteiger partial charge in [-0.1, -0.05) is 11.6 Å². The molecule has 6 heteroatoms. The summed E-state index contributed by atoms with van der Waals surface area (Å²) >= 11 is 9.19. The van der Waals surface area contributed by atoms with Crippen LogP contribution in [-0.4, -0.2) is 48.3 Å². The molecule has 0 atom stereocenters. The predicted octanol–water partition coefficient (Wildman–Crippen LogP) is 2.41. The number of halogens is 2. The Morgan fingerprint density at radius 3 is 2.79 bits per heavy atom. The standard InChI is InChI=1S/C13H14BrClN2O2/c1-16-5-2-6-17(8-12(16)18)13(19)10-4-3-9(15)7-11(10)14/h3-4,7H,2,5-6,8H2,1H3. The first kappa shape index (κ1) is 14.3. The molecule has 0 radical (unpaired) electrons. The van der Waals surface area contributed by atoms with Crippen molar-refractivity contribution in [3.63, 3.8) is 0 Å². The lowest BCUT2D eigenvalue weighted by atomic mass is 10.2. The topological polar surface area (TPSA) is 40.6 Å². The zero-order chi connectivity index (χ0) is 14.0. The summed E-state index contributed by atoms with van der Waals surface area (Å²) in [5, 5.41) is 0.565. The number of rotatable bonds is 1. The van der Waals surface area contributed by atoms with Crippen LogP contribution < -0.4 is 0 Å². The minimum Gasteiger partial charge on any atom is -0.344 e. The molecule has 1 fully saturated rings. The van der Waals surface area contributed by atoms with Gasteiger partial charge in [-0.15, -0.1) is 0 Å². The van der Waals surface area contributed by atoms with Crippen LogP contribution in [0.25, 0.3) is 0 Å². The van der Waals surface area contributed by atoms with E-state index in [9.17, 15) is 9.59 Å². The lowest BCUT2D eigenvalue weighted by Gasteiger charge is -2.20. The van der Waals surface area contributed by atoms with Gasteiger partial charge in [-0.2, -0.15) is 0 Å². The maximum absolute atomic E-state index is 12.4. The fourth-order valence-electron chi connectivity index (χ4n) is 1.99. The third-order valence-corrected chi connectivity index (χ3v) is 4.01. The molecule has 1 aromatic carbocycles. The molecule has 4 nitrogen and oxygen atoms in total. The molecule has 0 saturated carbocycles. The summed E-state index contributed by atoms with van der Waals surface area (Å²) in [5.41, 5.74) is 0.529. The fourth-order valence-corrected chi connectivity index (χ4v) is 2.85. The molecule has 1 aliphatic rings. The van der Waals surface area contributed by atoms with Crippen LogP contribution in [0.2, 0.25) is 5.02 Å². The Hall–Kier alpha value is -1.07. The van der Waals surface area contributed by atoms with Crippen molar-refractivity contribution >= 4 is 39.3 Å². The molecular formula is C13H14BrClN2O2. The van der Waals surface area contributed by atoms with Crippen LogP contribution in [0, 0.1) is 0 Å². The van der Waals surface area contributed by atoms with Crippen molar-refractivity contribution < 1.29 is 9.59 Å². The van der Waals surface area contributed by atoms with E-state index in [2.05, 4.69) is 15.9 Å². The van der Waals surface area contributed by atoms with Crippen molar-refractivity contribution in [2.75, 3.05) is 26.7 Å². The van der Waals surface area contributed by atoms with E-state index in [1.54, 1.807) is 35.0 Å². The molecule has 1 saturated heterocycles. The van der Waals surface area contributed by atoms with Gasteiger partial charge >= 0.3 is 0 Å². The lowest BCUT2D eigenvalue weighted by molar-refractivity contribution is -0.129. The number of hydrogen-bond acceptors (Lipinski definition) is 2. The van der Waals surface area contributed by atoms with Crippen LogP contribution in [0.4, 0.5) is 0 Å². The van der Waals surface area contributed by atoms with Gasteiger partial charge < -0.3 is 9.80 Å². The highest BCUT2D eigenvalue weighted by atomic mass is 79.9. The van der Waals surface area contributed by atoms with Crippen LogP contribution in [0.1, 0.15) is 16.8 Å². The average molecular weight is 346 g/mol. The van der Waals surface area contributed by atoms with Crippen molar-refractivity contribution in [1.82, 2.24) is 9.80 Å².